The zero-order chi connectivity index (χ0) is 12.1. The van der Waals surface area contributed by atoms with Crippen LogP contribution in [0.1, 0.15) is 17.2 Å². The van der Waals surface area contributed by atoms with Gasteiger partial charge in [-0.05, 0) is 19.5 Å². The Morgan fingerprint density at radius 1 is 1.38 bits per heavy atom. The summed E-state index contributed by atoms with van der Waals surface area (Å²) in [6, 6.07) is 7.66. The van der Waals surface area contributed by atoms with Crippen molar-refractivity contribution in [1.29, 1.82) is 0 Å². The van der Waals surface area contributed by atoms with Crippen molar-refractivity contribution in [1.82, 2.24) is 4.90 Å². The molecule has 1 aromatic rings. The van der Waals surface area contributed by atoms with E-state index in [2.05, 4.69) is 0 Å². The van der Waals surface area contributed by atoms with Crippen LogP contribution >= 0.6 is 0 Å². The lowest BCUT2D eigenvalue weighted by Crippen LogP contribution is -2.33. The second kappa shape index (κ2) is 5.92. The van der Waals surface area contributed by atoms with E-state index in [1.807, 2.05) is 31.2 Å². The van der Waals surface area contributed by atoms with Gasteiger partial charge in [0.15, 0.2) is 0 Å². The van der Waals surface area contributed by atoms with Crippen LogP contribution in [0, 0.1) is 6.92 Å². The fourth-order valence-corrected chi connectivity index (χ4v) is 1.79. The molecule has 1 rings (SSSR count). The van der Waals surface area contributed by atoms with Crippen molar-refractivity contribution in [3.63, 3.8) is 0 Å². The highest BCUT2D eigenvalue weighted by Crippen LogP contribution is 2.19. The van der Waals surface area contributed by atoms with Crippen LogP contribution in [0.4, 0.5) is 8.78 Å². The molecule has 0 aromatic heterocycles. The molecule has 0 aliphatic rings. The Hall–Kier alpha value is -1.00. The Bertz CT molecular complexity index is 329. The summed E-state index contributed by atoms with van der Waals surface area (Å²) in [5, 5.41) is 0. The third kappa shape index (κ3) is 3.54. The van der Waals surface area contributed by atoms with E-state index in [1.165, 1.54) is 0 Å². The summed E-state index contributed by atoms with van der Waals surface area (Å²) < 4.78 is 24.6. The van der Waals surface area contributed by atoms with Gasteiger partial charge in [-0.25, -0.2) is 8.78 Å². The smallest absolute Gasteiger partial charge is 0.251 e. The number of rotatable bonds is 5. The van der Waals surface area contributed by atoms with Crippen LogP contribution in [0.25, 0.3) is 0 Å². The minimum absolute atomic E-state index is 0.145. The number of hydrogen-bond donors (Lipinski definition) is 1. The number of aryl methyl sites for hydroxylation is 1. The summed E-state index contributed by atoms with van der Waals surface area (Å²) in [6.07, 6.45) is -2.33. The summed E-state index contributed by atoms with van der Waals surface area (Å²) in [5.74, 6) is 0. The molecule has 1 unspecified atom stereocenters. The van der Waals surface area contributed by atoms with E-state index < -0.39 is 6.43 Å². The monoisotopic (exact) mass is 228 g/mol. The van der Waals surface area contributed by atoms with Gasteiger partial charge in [-0.15, -0.1) is 0 Å². The van der Waals surface area contributed by atoms with Gasteiger partial charge in [0.1, 0.15) is 0 Å². The summed E-state index contributed by atoms with van der Waals surface area (Å²) >= 11 is 0. The highest BCUT2D eigenvalue weighted by molar-refractivity contribution is 5.25. The molecule has 1 aromatic carbocycles. The zero-order valence-electron chi connectivity index (χ0n) is 9.66. The molecule has 4 heteroatoms. The molecule has 2 N–H and O–H groups in total. The average Bonchev–Trinajstić information content (AvgIpc) is 2.17. The van der Waals surface area contributed by atoms with Crippen LogP contribution in [0.2, 0.25) is 0 Å². The Balaban J connectivity index is 2.81. The maximum Gasteiger partial charge on any atom is 0.251 e. The van der Waals surface area contributed by atoms with E-state index in [0.29, 0.717) is 6.54 Å². The number of alkyl halides is 2. The highest BCUT2D eigenvalue weighted by atomic mass is 19.3. The Morgan fingerprint density at radius 2 is 2.06 bits per heavy atom. The van der Waals surface area contributed by atoms with Crippen molar-refractivity contribution in [3.05, 3.63) is 35.4 Å². The molecule has 0 bridgehead atoms. The summed E-state index contributed by atoms with van der Waals surface area (Å²) in [6.45, 7) is 2.06. The molecule has 90 valence electrons. The van der Waals surface area contributed by atoms with Gasteiger partial charge in [0.05, 0.1) is 6.54 Å². The molecular weight excluding hydrogens is 210 g/mol. The molecule has 0 aliphatic carbocycles. The number of nitrogens with two attached hydrogens (primary N) is 1. The van der Waals surface area contributed by atoms with Gasteiger partial charge in [-0.3, -0.25) is 4.90 Å². The fraction of sp³-hybridized carbons (Fsp3) is 0.500. The summed E-state index contributed by atoms with van der Waals surface area (Å²) in [5.41, 5.74) is 7.75. The predicted molar refractivity (Wildman–Crippen MR) is 61.6 cm³/mol. The first-order chi connectivity index (χ1) is 7.54. The maximum atomic E-state index is 12.3. The number of nitrogens with zero attached hydrogens (tertiary/aromatic N) is 1. The SMILES string of the molecule is Cc1cccc(C(CN)N(C)CC(F)F)c1. The van der Waals surface area contributed by atoms with Gasteiger partial charge >= 0.3 is 0 Å². The van der Waals surface area contributed by atoms with E-state index in [-0.39, 0.29) is 12.6 Å². The van der Waals surface area contributed by atoms with Crippen molar-refractivity contribution in [2.24, 2.45) is 5.73 Å². The van der Waals surface area contributed by atoms with Gasteiger partial charge in [-0.2, -0.15) is 0 Å². The standard InChI is InChI=1S/C12H18F2N2/c1-9-4-3-5-10(6-9)11(7-15)16(2)8-12(13)14/h3-6,11-12H,7-8,15H2,1-2H3. The summed E-state index contributed by atoms with van der Waals surface area (Å²) in [4.78, 5) is 1.60. The van der Waals surface area contributed by atoms with Crippen LogP contribution in [0.3, 0.4) is 0 Å². The minimum atomic E-state index is -2.33. The first-order valence-electron chi connectivity index (χ1n) is 5.29. The van der Waals surface area contributed by atoms with Gasteiger partial charge in [-0.1, -0.05) is 29.8 Å². The molecule has 16 heavy (non-hydrogen) atoms. The number of hydrogen-bond acceptors (Lipinski definition) is 2. The lowest BCUT2D eigenvalue weighted by molar-refractivity contribution is 0.0822. The molecule has 0 fully saturated rings. The highest BCUT2D eigenvalue weighted by Gasteiger charge is 2.18. The van der Waals surface area contributed by atoms with Crippen molar-refractivity contribution >= 4 is 0 Å². The van der Waals surface area contributed by atoms with Gasteiger partial charge in [0, 0.05) is 12.6 Å². The molecule has 0 amide bonds. The Morgan fingerprint density at radius 3 is 2.56 bits per heavy atom. The first kappa shape index (κ1) is 13.1. The van der Waals surface area contributed by atoms with E-state index in [4.69, 9.17) is 5.73 Å². The predicted octanol–water partition coefficient (Wildman–Crippen LogP) is 2.19. The van der Waals surface area contributed by atoms with Crippen LogP contribution in [-0.4, -0.2) is 31.5 Å². The van der Waals surface area contributed by atoms with Gasteiger partial charge < -0.3 is 5.73 Å². The van der Waals surface area contributed by atoms with Crippen LogP contribution in [-0.2, 0) is 0 Å². The molecule has 1 atom stereocenters. The van der Waals surface area contributed by atoms with Crippen molar-refractivity contribution in [2.45, 2.75) is 19.4 Å². The molecule has 0 heterocycles. The topological polar surface area (TPSA) is 29.3 Å². The largest absolute Gasteiger partial charge is 0.329 e. The average molecular weight is 228 g/mol. The zero-order valence-corrected chi connectivity index (χ0v) is 9.66. The Labute approximate surface area is 95.1 Å². The quantitative estimate of drug-likeness (QED) is 0.837. The van der Waals surface area contributed by atoms with Crippen LogP contribution in [0.5, 0.6) is 0 Å². The van der Waals surface area contributed by atoms with Gasteiger partial charge in [0.2, 0.25) is 0 Å². The van der Waals surface area contributed by atoms with Crippen molar-refractivity contribution in [2.75, 3.05) is 20.1 Å². The third-order valence-corrected chi connectivity index (χ3v) is 2.61. The maximum absolute atomic E-state index is 12.3. The van der Waals surface area contributed by atoms with E-state index in [1.54, 1.807) is 11.9 Å². The van der Waals surface area contributed by atoms with Crippen LogP contribution in [0.15, 0.2) is 24.3 Å². The lowest BCUT2D eigenvalue weighted by Gasteiger charge is -2.27. The number of benzene rings is 1. The van der Waals surface area contributed by atoms with Crippen molar-refractivity contribution in [3.8, 4) is 0 Å². The Kier molecular flexibility index (Phi) is 4.83. The van der Waals surface area contributed by atoms with E-state index in [9.17, 15) is 8.78 Å². The molecule has 0 saturated heterocycles. The molecule has 0 radical (unpaired) electrons. The lowest BCUT2D eigenvalue weighted by atomic mass is 10.0. The van der Waals surface area contributed by atoms with Crippen molar-refractivity contribution < 1.29 is 8.78 Å². The molecule has 0 aliphatic heterocycles. The molecule has 2 nitrogen and oxygen atoms in total. The third-order valence-electron chi connectivity index (χ3n) is 2.61. The second-order valence-corrected chi connectivity index (χ2v) is 4.00. The number of halogens is 2. The van der Waals surface area contributed by atoms with Gasteiger partial charge in [0.25, 0.3) is 6.43 Å². The molecular formula is C12H18F2N2. The summed E-state index contributed by atoms with van der Waals surface area (Å²) in [7, 11) is 1.67. The minimum Gasteiger partial charge on any atom is -0.329 e. The fourth-order valence-electron chi connectivity index (χ4n) is 1.79. The normalized spacial score (nSPS) is 13.4. The first-order valence-corrected chi connectivity index (χ1v) is 5.29. The number of likely N-dealkylation sites (N-methyl/N-ethyl adjacent to an activating group) is 1. The van der Waals surface area contributed by atoms with E-state index >= 15 is 0 Å². The molecule has 0 saturated carbocycles. The van der Waals surface area contributed by atoms with E-state index in [0.717, 1.165) is 11.1 Å². The van der Waals surface area contributed by atoms with Crippen LogP contribution < -0.4 is 5.73 Å². The second-order valence-electron chi connectivity index (χ2n) is 4.00. The molecule has 0 spiro atoms.